The molecule has 0 atom stereocenters. The van der Waals surface area contributed by atoms with E-state index in [-0.39, 0.29) is 0 Å². The molecule has 2 nitrogen and oxygen atoms in total. The molecule has 1 aromatic heterocycles. The minimum Gasteiger partial charge on any atom is -0.384 e. The van der Waals surface area contributed by atoms with Crippen LogP contribution in [0.3, 0.4) is 0 Å². The smallest absolute Gasteiger partial charge is 0.384 e. The molecule has 1 aromatic carbocycles. The Morgan fingerprint density at radius 1 is 1.19 bits per heavy atom. The first-order valence-electron chi connectivity index (χ1n) is 5.01. The third-order valence-electron chi connectivity index (χ3n) is 2.91. The average Bonchev–Trinajstić information content (AvgIpc) is 2.81. The zero-order valence-corrected chi connectivity index (χ0v) is 8.28. The molecule has 0 saturated heterocycles. The summed E-state index contributed by atoms with van der Waals surface area (Å²) in [5.41, 5.74) is 1.79. The van der Waals surface area contributed by atoms with E-state index < -0.39 is 11.9 Å². The van der Waals surface area contributed by atoms with Gasteiger partial charge in [-0.3, -0.25) is 0 Å². The molecule has 0 unspecified atom stereocenters. The van der Waals surface area contributed by atoms with Crippen LogP contribution in [0.5, 0.6) is 0 Å². The molecule has 2 aromatic rings. The van der Waals surface area contributed by atoms with Gasteiger partial charge in [0.2, 0.25) is 0 Å². The Labute approximate surface area is 89.5 Å². The van der Waals surface area contributed by atoms with Gasteiger partial charge in [0.15, 0.2) is 0 Å². The summed E-state index contributed by atoms with van der Waals surface area (Å²) in [6.45, 7) is 0.793. The molecule has 3 rings (SSSR count). The normalized spacial score (nSPS) is 15.2. The number of H-pyrrole nitrogens is 1. The predicted molar refractivity (Wildman–Crippen MR) is 55.5 cm³/mol. The zero-order chi connectivity index (χ0) is 11.3. The first-order chi connectivity index (χ1) is 7.55. The Balaban J connectivity index is 2.26. The molecule has 0 spiro atoms. The van der Waals surface area contributed by atoms with Gasteiger partial charge in [-0.1, -0.05) is 0 Å². The van der Waals surface area contributed by atoms with Crippen LogP contribution in [0.15, 0.2) is 18.2 Å². The fourth-order valence-electron chi connectivity index (χ4n) is 2.17. The molecule has 84 valence electrons. The van der Waals surface area contributed by atoms with Crippen LogP contribution >= 0.6 is 0 Å². The summed E-state index contributed by atoms with van der Waals surface area (Å²) in [4.78, 5) is 2.41. The quantitative estimate of drug-likeness (QED) is 0.709. The number of fused-ring (bicyclic) bond motifs is 3. The molecular weight excluding hydrogens is 217 g/mol. The van der Waals surface area contributed by atoms with Gasteiger partial charge < -0.3 is 10.3 Å². The summed E-state index contributed by atoms with van der Waals surface area (Å²) >= 11 is 0. The lowest BCUT2D eigenvalue weighted by Crippen LogP contribution is -2.04. The van der Waals surface area contributed by atoms with E-state index in [4.69, 9.17) is 0 Å². The molecule has 0 bridgehead atoms. The Kier molecular flexibility index (Phi) is 1.75. The van der Waals surface area contributed by atoms with Crippen molar-refractivity contribution in [1.82, 2.24) is 4.98 Å². The van der Waals surface area contributed by atoms with Crippen molar-refractivity contribution in [3.63, 3.8) is 0 Å². The number of rotatable bonds is 0. The average molecular weight is 226 g/mol. The maximum atomic E-state index is 12.5. The van der Waals surface area contributed by atoms with E-state index >= 15 is 0 Å². The van der Waals surface area contributed by atoms with Crippen LogP contribution in [0.25, 0.3) is 10.9 Å². The minimum atomic E-state index is -4.31. The molecule has 0 radical (unpaired) electrons. The molecule has 0 saturated carbocycles. The molecule has 1 aliphatic rings. The number of aromatic nitrogens is 1. The van der Waals surface area contributed by atoms with Gasteiger partial charge in [-0.2, -0.15) is 13.2 Å². The highest BCUT2D eigenvalue weighted by Gasteiger charge is 2.33. The summed E-state index contributed by atoms with van der Waals surface area (Å²) in [7, 11) is 0. The largest absolute Gasteiger partial charge is 0.431 e. The van der Waals surface area contributed by atoms with E-state index in [0.717, 1.165) is 24.2 Å². The number of nitrogens with one attached hydrogen (secondary N) is 2. The maximum absolute atomic E-state index is 12.5. The van der Waals surface area contributed by atoms with Crippen LogP contribution in [0.4, 0.5) is 18.9 Å². The van der Waals surface area contributed by atoms with Crippen LogP contribution in [-0.4, -0.2) is 11.5 Å². The summed E-state index contributed by atoms with van der Waals surface area (Å²) in [5, 5.41) is 3.82. The molecule has 2 N–H and O–H groups in total. The summed E-state index contributed by atoms with van der Waals surface area (Å²) in [5.74, 6) is 0. The first kappa shape index (κ1) is 9.57. The molecule has 0 aliphatic carbocycles. The fourth-order valence-corrected chi connectivity index (χ4v) is 2.17. The van der Waals surface area contributed by atoms with Gasteiger partial charge in [0.1, 0.15) is 5.69 Å². The van der Waals surface area contributed by atoms with Crippen LogP contribution in [0, 0.1) is 0 Å². The third kappa shape index (κ3) is 1.27. The van der Waals surface area contributed by atoms with Crippen molar-refractivity contribution in [1.29, 1.82) is 0 Å². The molecule has 0 amide bonds. The van der Waals surface area contributed by atoms with Crippen molar-refractivity contribution in [3.8, 4) is 0 Å². The Morgan fingerprint density at radius 3 is 2.75 bits per heavy atom. The van der Waals surface area contributed by atoms with E-state index in [1.165, 1.54) is 6.07 Å². The Bertz CT molecular complexity index is 554. The van der Waals surface area contributed by atoms with Crippen molar-refractivity contribution < 1.29 is 13.2 Å². The van der Waals surface area contributed by atoms with Gasteiger partial charge in [-0.25, -0.2) is 0 Å². The van der Waals surface area contributed by atoms with Gasteiger partial charge >= 0.3 is 6.18 Å². The molecule has 2 heterocycles. The van der Waals surface area contributed by atoms with Crippen molar-refractivity contribution in [2.45, 2.75) is 12.6 Å². The highest BCUT2D eigenvalue weighted by Crippen LogP contribution is 2.35. The lowest BCUT2D eigenvalue weighted by molar-refractivity contribution is -0.140. The van der Waals surface area contributed by atoms with Gasteiger partial charge in [0.05, 0.1) is 0 Å². The van der Waals surface area contributed by atoms with E-state index in [0.29, 0.717) is 10.9 Å². The number of alkyl halides is 3. The van der Waals surface area contributed by atoms with E-state index in [9.17, 15) is 13.2 Å². The number of aromatic amines is 1. The SMILES string of the molecule is FC(F)(F)c1cc2c3c(ccc2[nH]1)NCC3. The lowest BCUT2D eigenvalue weighted by Gasteiger charge is -2.00. The highest BCUT2D eigenvalue weighted by atomic mass is 19.4. The van der Waals surface area contributed by atoms with Crippen LogP contribution in [0.1, 0.15) is 11.3 Å². The summed E-state index contributed by atoms with van der Waals surface area (Å²) in [6, 6.07) is 4.70. The van der Waals surface area contributed by atoms with E-state index in [2.05, 4.69) is 10.3 Å². The Morgan fingerprint density at radius 2 is 2.00 bits per heavy atom. The van der Waals surface area contributed by atoms with Crippen molar-refractivity contribution in [3.05, 3.63) is 29.5 Å². The second-order valence-corrected chi connectivity index (χ2v) is 3.91. The van der Waals surface area contributed by atoms with E-state index in [1.54, 1.807) is 6.07 Å². The number of halogens is 3. The highest BCUT2D eigenvalue weighted by molar-refractivity contribution is 5.89. The second-order valence-electron chi connectivity index (χ2n) is 3.91. The van der Waals surface area contributed by atoms with Gasteiger partial charge in [0, 0.05) is 23.1 Å². The van der Waals surface area contributed by atoms with Gasteiger partial charge in [-0.15, -0.1) is 0 Å². The van der Waals surface area contributed by atoms with Gasteiger partial charge in [-0.05, 0) is 30.2 Å². The number of hydrogen-bond donors (Lipinski definition) is 2. The summed E-state index contributed by atoms with van der Waals surface area (Å²) in [6.07, 6.45) is -3.53. The molecule has 16 heavy (non-hydrogen) atoms. The van der Waals surface area contributed by atoms with Crippen LogP contribution in [0.2, 0.25) is 0 Å². The van der Waals surface area contributed by atoms with Crippen LogP contribution < -0.4 is 5.32 Å². The number of hydrogen-bond acceptors (Lipinski definition) is 1. The maximum Gasteiger partial charge on any atom is 0.431 e. The standard InChI is InChI=1S/C11H9F3N2/c12-11(13,14)10-5-7-6-3-4-15-8(6)1-2-9(7)16-10/h1-2,5,15-16H,3-4H2. The monoisotopic (exact) mass is 226 g/mol. The van der Waals surface area contributed by atoms with E-state index in [1.807, 2.05) is 6.07 Å². The number of anilines is 1. The molecule has 1 aliphatic heterocycles. The molecular formula is C11H9F3N2. The topological polar surface area (TPSA) is 27.8 Å². The molecule has 0 fully saturated rings. The lowest BCUT2D eigenvalue weighted by atomic mass is 10.1. The predicted octanol–water partition coefficient (Wildman–Crippen LogP) is 3.15. The fraction of sp³-hybridized carbons (Fsp3) is 0.273. The van der Waals surface area contributed by atoms with Crippen LogP contribution in [-0.2, 0) is 12.6 Å². The van der Waals surface area contributed by atoms with Crippen molar-refractivity contribution in [2.24, 2.45) is 0 Å². The minimum absolute atomic E-state index is 0.551. The second kappa shape index (κ2) is 2.93. The Hall–Kier alpha value is -1.65. The number of benzene rings is 1. The molecule has 5 heteroatoms. The van der Waals surface area contributed by atoms with Gasteiger partial charge in [0.25, 0.3) is 0 Å². The van der Waals surface area contributed by atoms with Crippen molar-refractivity contribution in [2.75, 3.05) is 11.9 Å². The summed E-state index contributed by atoms with van der Waals surface area (Å²) < 4.78 is 37.6. The van der Waals surface area contributed by atoms with Crippen molar-refractivity contribution >= 4 is 16.6 Å². The third-order valence-corrected chi connectivity index (χ3v) is 2.91. The first-order valence-corrected chi connectivity index (χ1v) is 5.01. The zero-order valence-electron chi connectivity index (χ0n) is 8.28.